The van der Waals surface area contributed by atoms with E-state index in [1.165, 1.54) is 0 Å². The van der Waals surface area contributed by atoms with E-state index < -0.39 is 11.8 Å². The second kappa shape index (κ2) is 8.44. The van der Waals surface area contributed by atoms with Crippen molar-refractivity contribution in [2.24, 2.45) is 5.73 Å². The zero-order valence-electron chi connectivity index (χ0n) is 19.3. The summed E-state index contributed by atoms with van der Waals surface area (Å²) in [6.45, 7) is 1.20. The number of benzene rings is 3. The van der Waals surface area contributed by atoms with Gasteiger partial charge in [-0.15, -0.1) is 0 Å². The van der Waals surface area contributed by atoms with Crippen LogP contribution < -0.4 is 11.1 Å². The molecule has 1 unspecified atom stereocenters. The van der Waals surface area contributed by atoms with Gasteiger partial charge in [0.15, 0.2) is 0 Å². The van der Waals surface area contributed by atoms with Gasteiger partial charge in [-0.3, -0.25) is 19.7 Å². The number of nitrogens with zero attached hydrogens (tertiary/aromatic N) is 2. The standard InChI is InChI=1S/C27H23ClN4O4/c28-19-4-2-1-3-16(19)18-12-21-22(24-23(18)25(34)30-26(24)35)17-6-5-14(11-20(17)32(21)9-10-33)27(36)31-8-7-15(29)13-31/h1-6,11-12,15,33H,7-10,13,29H2,(H,30,34,35). The van der Waals surface area contributed by atoms with E-state index in [4.69, 9.17) is 17.3 Å². The Labute approximate surface area is 211 Å². The highest BCUT2D eigenvalue weighted by Gasteiger charge is 2.35. The summed E-state index contributed by atoms with van der Waals surface area (Å²) in [5, 5.41) is 14.1. The number of carbonyl (C=O) groups excluding carboxylic acids is 3. The molecule has 0 radical (unpaired) electrons. The maximum absolute atomic E-state index is 13.2. The molecule has 9 heteroatoms. The number of hydrogen-bond acceptors (Lipinski definition) is 5. The van der Waals surface area contributed by atoms with Crippen molar-refractivity contribution in [2.45, 2.75) is 19.0 Å². The average Bonchev–Trinajstić information content (AvgIpc) is 3.52. The van der Waals surface area contributed by atoms with Crippen LogP contribution in [-0.2, 0) is 6.54 Å². The number of imide groups is 1. The second-order valence-corrected chi connectivity index (χ2v) is 9.65. The van der Waals surface area contributed by atoms with E-state index in [9.17, 15) is 19.5 Å². The first-order valence-corrected chi connectivity index (χ1v) is 12.2. The largest absolute Gasteiger partial charge is 0.395 e. The Bertz CT molecular complexity index is 1610. The third-order valence-electron chi connectivity index (χ3n) is 7.08. The quantitative estimate of drug-likeness (QED) is 0.370. The third kappa shape index (κ3) is 3.33. The van der Waals surface area contributed by atoms with Crippen LogP contribution in [0.25, 0.3) is 32.9 Å². The van der Waals surface area contributed by atoms with Crippen LogP contribution in [0.2, 0.25) is 5.02 Å². The summed E-state index contributed by atoms with van der Waals surface area (Å²) in [5.74, 6) is -1.07. The van der Waals surface area contributed by atoms with Gasteiger partial charge in [-0.25, -0.2) is 0 Å². The van der Waals surface area contributed by atoms with Crippen molar-refractivity contribution in [3.8, 4) is 11.1 Å². The van der Waals surface area contributed by atoms with E-state index >= 15 is 0 Å². The summed E-state index contributed by atoms with van der Waals surface area (Å²) in [6.07, 6.45) is 0.763. The van der Waals surface area contributed by atoms with Crippen molar-refractivity contribution < 1.29 is 19.5 Å². The van der Waals surface area contributed by atoms with E-state index in [2.05, 4.69) is 5.32 Å². The lowest BCUT2D eigenvalue weighted by molar-refractivity contribution is 0.0789. The minimum atomic E-state index is -0.483. The fourth-order valence-electron chi connectivity index (χ4n) is 5.46. The summed E-state index contributed by atoms with van der Waals surface area (Å²) in [4.78, 5) is 40.9. The number of nitrogens with two attached hydrogens (primary N) is 1. The third-order valence-corrected chi connectivity index (χ3v) is 7.41. The maximum atomic E-state index is 13.2. The number of rotatable bonds is 4. The molecular weight excluding hydrogens is 480 g/mol. The van der Waals surface area contributed by atoms with Gasteiger partial charge in [0.05, 0.1) is 23.3 Å². The molecule has 36 heavy (non-hydrogen) atoms. The zero-order chi connectivity index (χ0) is 25.1. The average molecular weight is 503 g/mol. The van der Waals surface area contributed by atoms with Gasteiger partial charge in [-0.05, 0) is 36.2 Å². The van der Waals surface area contributed by atoms with E-state index in [-0.39, 0.29) is 36.2 Å². The fourth-order valence-corrected chi connectivity index (χ4v) is 5.70. The Balaban J connectivity index is 1.65. The molecule has 1 aromatic heterocycles. The van der Waals surface area contributed by atoms with E-state index in [0.717, 1.165) is 11.8 Å². The number of aliphatic hydroxyl groups is 1. The highest BCUT2D eigenvalue weighted by atomic mass is 35.5. The molecule has 3 heterocycles. The Morgan fingerprint density at radius 1 is 1.06 bits per heavy atom. The molecule has 0 saturated carbocycles. The number of aromatic nitrogens is 1. The molecule has 1 saturated heterocycles. The van der Waals surface area contributed by atoms with Gasteiger partial charge in [0.2, 0.25) is 0 Å². The minimum absolute atomic E-state index is 0.0274. The maximum Gasteiger partial charge on any atom is 0.259 e. The number of nitrogens with one attached hydrogen (secondary N) is 1. The predicted molar refractivity (Wildman–Crippen MR) is 137 cm³/mol. The topological polar surface area (TPSA) is 118 Å². The summed E-state index contributed by atoms with van der Waals surface area (Å²) in [6, 6.07) is 14.3. The first-order valence-electron chi connectivity index (χ1n) is 11.8. The van der Waals surface area contributed by atoms with Crippen LogP contribution in [0.1, 0.15) is 37.5 Å². The van der Waals surface area contributed by atoms with Crippen molar-refractivity contribution >= 4 is 51.1 Å². The van der Waals surface area contributed by atoms with Gasteiger partial charge in [0, 0.05) is 58.1 Å². The molecule has 1 fully saturated rings. The molecule has 0 aliphatic carbocycles. The van der Waals surface area contributed by atoms with Gasteiger partial charge < -0.3 is 20.3 Å². The predicted octanol–water partition coefficient (Wildman–Crippen LogP) is 3.16. The van der Waals surface area contributed by atoms with Crippen molar-refractivity contribution in [2.75, 3.05) is 19.7 Å². The van der Waals surface area contributed by atoms with E-state index in [1.807, 2.05) is 16.7 Å². The summed E-state index contributed by atoms with van der Waals surface area (Å²) >= 11 is 6.49. The molecule has 6 rings (SSSR count). The second-order valence-electron chi connectivity index (χ2n) is 9.24. The first kappa shape index (κ1) is 22.7. The number of amides is 3. The number of carbonyl (C=O) groups is 3. The summed E-state index contributed by atoms with van der Waals surface area (Å²) in [7, 11) is 0. The minimum Gasteiger partial charge on any atom is -0.395 e. The zero-order valence-corrected chi connectivity index (χ0v) is 20.0. The number of hydrogen-bond donors (Lipinski definition) is 3. The number of fused-ring (bicyclic) bond motifs is 5. The fraction of sp³-hybridized carbons (Fsp3) is 0.222. The van der Waals surface area contributed by atoms with Crippen LogP contribution in [0, 0.1) is 0 Å². The van der Waals surface area contributed by atoms with Gasteiger partial charge in [-0.1, -0.05) is 35.9 Å². The Morgan fingerprint density at radius 3 is 2.56 bits per heavy atom. The van der Waals surface area contributed by atoms with Crippen molar-refractivity contribution in [1.29, 1.82) is 0 Å². The Hall–Kier alpha value is -3.72. The lowest BCUT2D eigenvalue weighted by atomic mass is 9.92. The van der Waals surface area contributed by atoms with Crippen LogP contribution in [-0.4, -0.2) is 58.0 Å². The highest BCUT2D eigenvalue weighted by molar-refractivity contribution is 6.36. The molecule has 0 bridgehead atoms. The van der Waals surface area contributed by atoms with Crippen molar-refractivity contribution in [3.05, 3.63) is 70.2 Å². The Kier molecular flexibility index (Phi) is 5.33. The molecule has 4 N–H and O–H groups in total. The molecule has 2 aliphatic rings. The molecule has 0 spiro atoms. The number of aliphatic hydroxyl groups excluding tert-OH is 1. The van der Waals surface area contributed by atoms with Crippen LogP contribution in [0.3, 0.4) is 0 Å². The molecular formula is C27H23ClN4O4. The van der Waals surface area contributed by atoms with Gasteiger partial charge in [-0.2, -0.15) is 0 Å². The smallest absolute Gasteiger partial charge is 0.259 e. The number of likely N-dealkylation sites (tertiary alicyclic amines) is 1. The molecule has 4 aromatic rings. The van der Waals surface area contributed by atoms with Gasteiger partial charge >= 0.3 is 0 Å². The highest BCUT2D eigenvalue weighted by Crippen LogP contribution is 2.42. The first-order chi connectivity index (χ1) is 17.4. The molecule has 8 nitrogen and oxygen atoms in total. The van der Waals surface area contributed by atoms with Crippen LogP contribution >= 0.6 is 11.6 Å². The number of halogens is 1. The van der Waals surface area contributed by atoms with Crippen LogP contribution in [0.4, 0.5) is 0 Å². The van der Waals surface area contributed by atoms with Gasteiger partial charge in [0.25, 0.3) is 17.7 Å². The molecule has 3 amide bonds. The molecule has 1 atom stereocenters. The SMILES string of the molecule is NC1CCN(C(=O)c2ccc3c4c5c(c(-c6ccccc6Cl)cc4n(CCO)c3c2)C(=O)NC5=O)C1. The molecule has 2 aliphatic heterocycles. The van der Waals surface area contributed by atoms with Crippen LogP contribution in [0.15, 0.2) is 48.5 Å². The van der Waals surface area contributed by atoms with Crippen LogP contribution in [0.5, 0.6) is 0 Å². The normalized spacial score (nSPS) is 17.3. The molecule has 182 valence electrons. The van der Waals surface area contributed by atoms with Crippen molar-refractivity contribution in [3.63, 3.8) is 0 Å². The Morgan fingerprint density at radius 2 is 1.83 bits per heavy atom. The summed E-state index contributed by atoms with van der Waals surface area (Å²) in [5.41, 5.74) is 9.58. The van der Waals surface area contributed by atoms with E-state index in [1.54, 1.807) is 41.3 Å². The van der Waals surface area contributed by atoms with E-state index in [0.29, 0.717) is 51.2 Å². The molecule has 3 aromatic carbocycles. The lowest BCUT2D eigenvalue weighted by Crippen LogP contribution is -2.31. The van der Waals surface area contributed by atoms with Crippen molar-refractivity contribution in [1.82, 2.24) is 14.8 Å². The lowest BCUT2D eigenvalue weighted by Gasteiger charge is -2.16. The monoisotopic (exact) mass is 502 g/mol. The summed E-state index contributed by atoms with van der Waals surface area (Å²) < 4.78 is 1.88. The van der Waals surface area contributed by atoms with Gasteiger partial charge in [0.1, 0.15) is 0 Å².